The first kappa shape index (κ1) is 15.4. The molecule has 0 amide bonds. The standard InChI is InChI=1S/C14H13Cl2N5/c15-11-7-12(16)14(20-13(11)18)21(6-2-4-17)9-10-3-1-5-19-8-10/h1,3,5,7-8H,2,6,9H2,(H2,18,20). The first-order valence-electron chi connectivity index (χ1n) is 6.24. The van der Waals surface area contributed by atoms with E-state index in [0.29, 0.717) is 35.4 Å². The van der Waals surface area contributed by atoms with Crippen LogP contribution in [0, 0.1) is 11.3 Å². The fraction of sp³-hybridized carbons (Fsp3) is 0.214. The van der Waals surface area contributed by atoms with Crippen LogP contribution in [-0.2, 0) is 6.54 Å². The third kappa shape index (κ3) is 3.97. The number of hydrogen-bond donors (Lipinski definition) is 1. The van der Waals surface area contributed by atoms with E-state index in [1.165, 1.54) is 0 Å². The number of pyridine rings is 2. The molecule has 0 aliphatic heterocycles. The van der Waals surface area contributed by atoms with E-state index in [9.17, 15) is 0 Å². The van der Waals surface area contributed by atoms with Crippen molar-refractivity contribution < 1.29 is 0 Å². The number of nitrogen functional groups attached to an aromatic ring is 1. The van der Waals surface area contributed by atoms with Crippen LogP contribution < -0.4 is 10.6 Å². The maximum Gasteiger partial charge on any atom is 0.150 e. The number of rotatable bonds is 5. The van der Waals surface area contributed by atoms with E-state index in [2.05, 4.69) is 16.0 Å². The quantitative estimate of drug-likeness (QED) is 0.914. The fourth-order valence-electron chi connectivity index (χ4n) is 1.85. The highest BCUT2D eigenvalue weighted by Crippen LogP contribution is 2.30. The molecule has 2 aromatic rings. The van der Waals surface area contributed by atoms with Crippen molar-refractivity contribution in [3.63, 3.8) is 0 Å². The number of nitrogens with two attached hydrogens (primary N) is 1. The van der Waals surface area contributed by atoms with Gasteiger partial charge in [0.15, 0.2) is 0 Å². The lowest BCUT2D eigenvalue weighted by molar-refractivity contribution is 0.781. The Morgan fingerprint density at radius 2 is 2.14 bits per heavy atom. The topological polar surface area (TPSA) is 78.8 Å². The van der Waals surface area contributed by atoms with Gasteiger partial charge in [-0.1, -0.05) is 29.3 Å². The average Bonchev–Trinajstić information content (AvgIpc) is 2.48. The SMILES string of the molecule is N#CCCN(Cc1cccnc1)c1nc(N)c(Cl)cc1Cl. The monoisotopic (exact) mass is 321 g/mol. The molecule has 2 rings (SSSR count). The summed E-state index contributed by atoms with van der Waals surface area (Å²) in [6, 6.07) is 7.47. The van der Waals surface area contributed by atoms with Crippen LogP contribution in [0.4, 0.5) is 11.6 Å². The number of halogens is 2. The number of nitriles is 1. The second-order valence-corrected chi connectivity index (χ2v) is 5.17. The minimum absolute atomic E-state index is 0.212. The highest BCUT2D eigenvalue weighted by Gasteiger charge is 2.15. The molecule has 2 aromatic heterocycles. The molecule has 0 bridgehead atoms. The van der Waals surface area contributed by atoms with Gasteiger partial charge in [-0.3, -0.25) is 4.98 Å². The normalized spacial score (nSPS) is 10.1. The number of aromatic nitrogens is 2. The minimum atomic E-state index is 0.212. The Balaban J connectivity index is 2.32. The Morgan fingerprint density at radius 3 is 2.81 bits per heavy atom. The van der Waals surface area contributed by atoms with Gasteiger partial charge in [-0.25, -0.2) is 4.98 Å². The van der Waals surface area contributed by atoms with Crippen molar-refractivity contribution in [3.05, 3.63) is 46.2 Å². The lowest BCUT2D eigenvalue weighted by atomic mass is 10.2. The smallest absolute Gasteiger partial charge is 0.150 e. The van der Waals surface area contributed by atoms with Crippen molar-refractivity contribution in [1.82, 2.24) is 9.97 Å². The summed E-state index contributed by atoms with van der Waals surface area (Å²) in [5.74, 6) is 0.724. The van der Waals surface area contributed by atoms with Gasteiger partial charge in [0.05, 0.1) is 22.5 Å². The number of hydrogen-bond acceptors (Lipinski definition) is 5. The van der Waals surface area contributed by atoms with Crippen LogP contribution >= 0.6 is 23.2 Å². The Morgan fingerprint density at radius 1 is 1.33 bits per heavy atom. The predicted octanol–water partition coefficient (Wildman–Crippen LogP) is 3.29. The molecule has 0 aliphatic rings. The van der Waals surface area contributed by atoms with Crippen LogP contribution in [0.5, 0.6) is 0 Å². The van der Waals surface area contributed by atoms with Crippen molar-refractivity contribution >= 4 is 34.8 Å². The summed E-state index contributed by atoms with van der Waals surface area (Å²) in [5, 5.41) is 9.52. The van der Waals surface area contributed by atoms with Gasteiger partial charge in [0.2, 0.25) is 0 Å². The molecule has 5 nitrogen and oxygen atoms in total. The molecule has 0 saturated carbocycles. The highest BCUT2D eigenvalue weighted by molar-refractivity contribution is 6.37. The van der Waals surface area contributed by atoms with Gasteiger partial charge in [0.25, 0.3) is 0 Å². The zero-order valence-electron chi connectivity index (χ0n) is 11.1. The molecule has 0 atom stereocenters. The van der Waals surface area contributed by atoms with E-state index in [1.54, 1.807) is 18.5 Å². The van der Waals surface area contributed by atoms with Gasteiger partial charge in [0.1, 0.15) is 11.6 Å². The van der Waals surface area contributed by atoms with Gasteiger partial charge >= 0.3 is 0 Å². The van der Waals surface area contributed by atoms with E-state index in [4.69, 9.17) is 34.2 Å². The molecule has 0 radical (unpaired) electrons. The zero-order valence-corrected chi connectivity index (χ0v) is 12.6. The highest BCUT2D eigenvalue weighted by atomic mass is 35.5. The summed E-state index contributed by atoms with van der Waals surface area (Å²) in [7, 11) is 0. The molecular weight excluding hydrogens is 309 g/mol. The summed E-state index contributed by atoms with van der Waals surface area (Å²) in [6.45, 7) is 1.02. The summed E-state index contributed by atoms with van der Waals surface area (Å²) in [5.41, 5.74) is 6.73. The van der Waals surface area contributed by atoms with Crippen LogP contribution in [0.25, 0.3) is 0 Å². The second-order valence-electron chi connectivity index (χ2n) is 4.35. The van der Waals surface area contributed by atoms with Crippen molar-refractivity contribution in [3.8, 4) is 6.07 Å². The summed E-state index contributed by atoms with van der Waals surface area (Å²) < 4.78 is 0. The first-order valence-corrected chi connectivity index (χ1v) is 6.99. The lowest BCUT2D eigenvalue weighted by Gasteiger charge is -2.24. The van der Waals surface area contributed by atoms with Gasteiger partial charge in [-0.15, -0.1) is 0 Å². The summed E-state index contributed by atoms with van der Waals surface area (Å²) >= 11 is 12.1. The summed E-state index contributed by atoms with van der Waals surface area (Å²) in [4.78, 5) is 10.2. The number of anilines is 2. The van der Waals surface area contributed by atoms with Crippen molar-refractivity contribution in [2.45, 2.75) is 13.0 Å². The van der Waals surface area contributed by atoms with E-state index in [-0.39, 0.29) is 5.82 Å². The van der Waals surface area contributed by atoms with Crippen molar-refractivity contribution in [2.24, 2.45) is 0 Å². The average molecular weight is 322 g/mol. The molecule has 2 N–H and O–H groups in total. The van der Waals surface area contributed by atoms with Crippen LogP contribution in [-0.4, -0.2) is 16.5 Å². The van der Waals surface area contributed by atoms with Crippen LogP contribution in [0.3, 0.4) is 0 Å². The van der Waals surface area contributed by atoms with Crippen LogP contribution in [0.2, 0.25) is 10.0 Å². The Bertz CT molecular complexity index is 654. The van der Waals surface area contributed by atoms with E-state index < -0.39 is 0 Å². The van der Waals surface area contributed by atoms with E-state index in [0.717, 1.165) is 5.56 Å². The molecule has 7 heteroatoms. The second kappa shape index (κ2) is 7.11. The first-order chi connectivity index (χ1) is 10.1. The van der Waals surface area contributed by atoms with Crippen LogP contribution in [0.1, 0.15) is 12.0 Å². The van der Waals surface area contributed by atoms with Crippen LogP contribution in [0.15, 0.2) is 30.6 Å². The molecule has 0 fully saturated rings. The Labute approximate surface area is 132 Å². The molecule has 0 saturated heterocycles. The molecule has 2 heterocycles. The molecule has 0 unspecified atom stereocenters. The van der Waals surface area contributed by atoms with Gasteiger partial charge in [-0.2, -0.15) is 5.26 Å². The Kier molecular flexibility index (Phi) is 5.20. The van der Waals surface area contributed by atoms with E-state index in [1.807, 2.05) is 17.0 Å². The predicted molar refractivity (Wildman–Crippen MR) is 84.2 cm³/mol. The van der Waals surface area contributed by atoms with Gasteiger partial charge < -0.3 is 10.6 Å². The third-order valence-corrected chi connectivity index (χ3v) is 3.41. The molecule has 0 aromatic carbocycles. The number of nitrogens with zero attached hydrogens (tertiary/aromatic N) is 4. The zero-order chi connectivity index (χ0) is 15.2. The largest absolute Gasteiger partial charge is 0.382 e. The Hall–Kier alpha value is -2.03. The van der Waals surface area contributed by atoms with Crippen molar-refractivity contribution in [2.75, 3.05) is 17.2 Å². The molecule has 0 aliphatic carbocycles. The molecular formula is C14H13Cl2N5. The molecule has 21 heavy (non-hydrogen) atoms. The third-order valence-electron chi connectivity index (χ3n) is 2.83. The lowest BCUT2D eigenvalue weighted by Crippen LogP contribution is -2.25. The molecule has 0 spiro atoms. The van der Waals surface area contributed by atoms with Gasteiger partial charge in [0, 0.05) is 25.5 Å². The molecule has 108 valence electrons. The fourth-order valence-corrected chi connectivity index (χ4v) is 2.33. The van der Waals surface area contributed by atoms with Crippen molar-refractivity contribution in [1.29, 1.82) is 5.26 Å². The van der Waals surface area contributed by atoms with E-state index >= 15 is 0 Å². The maximum atomic E-state index is 8.81. The maximum absolute atomic E-state index is 8.81. The van der Waals surface area contributed by atoms with Gasteiger partial charge in [-0.05, 0) is 17.7 Å². The minimum Gasteiger partial charge on any atom is -0.382 e. The summed E-state index contributed by atoms with van der Waals surface area (Å²) in [6.07, 6.45) is 3.81.